The third kappa shape index (κ3) is 4.96. The van der Waals surface area contributed by atoms with Crippen molar-refractivity contribution < 1.29 is 14.3 Å². The highest BCUT2D eigenvalue weighted by molar-refractivity contribution is 5.80. The highest BCUT2D eigenvalue weighted by Crippen LogP contribution is 2.25. The molecule has 0 radical (unpaired) electrons. The summed E-state index contributed by atoms with van der Waals surface area (Å²) >= 11 is 0. The van der Waals surface area contributed by atoms with E-state index in [2.05, 4.69) is 0 Å². The SMILES string of the molecule is CC(C)(C)OC(=O)C[C@H]1CCCC(=O)C1. The van der Waals surface area contributed by atoms with Crippen molar-refractivity contribution in [1.82, 2.24) is 0 Å². The van der Waals surface area contributed by atoms with Crippen LogP contribution in [0.2, 0.25) is 0 Å². The Hall–Kier alpha value is -0.860. The summed E-state index contributed by atoms with van der Waals surface area (Å²) in [6.07, 6.45) is 3.53. The first kappa shape index (κ1) is 12.2. The molecule has 0 N–H and O–H groups in total. The fourth-order valence-electron chi connectivity index (χ4n) is 1.91. The van der Waals surface area contributed by atoms with E-state index in [-0.39, 0.29) is 17.7 Å². The smallest absolute Gasteiger partial charge is 0.306 e. The summed E-state index contributed by atoms with van der Waals surface area (Å²) in [6.45, 7) is 5.57. The number of hydrogen-bond donors (Lipinski definition) is 0. The van der Waals surface area contributed by atoms with Crippen LogP contribution in [0.1, 0.15) is 52.9 Å². The van der Waals surface area contributed by atoms with Crippen molar-refractivity contribution in [2.75, 3.05) is 0 Å². The topological polar surface area (TPSA) is 43.4 Å². The van der Waals surface area contributed by atoms with Crippen LogP contribution in [0.4, 0.5) is 0 Å². The average molecular weight is 212 g/mol. The molecule has 0 unspecified atom stereocenters. The van der Waals surface area contributed by atoms with E-state index in [9.17, 15) is 9.59 Å². The van der Waals surface area contributed by atoms with E-state index in [1.165, 1.54) is 0 Å². The van der Waals surface area contributed by atoms with Crippen molar-refractivity contribution in [2.24, 2.45) is 5.92 Å². The number of Topliss-reactive ketones (excluding diaryl/α,β-unsaturated/α-hetero) is 1. The molecule has 0 spiro atoms. The number of carbonyl (C=O) groups excluding carboxylic acids is 2. The molecule has 86 valence electrons. The van der Waals surface area contributed by atoms with Crippen LogP contribution in [0, 0.1) is 5.92 Å². The zero-order chi connectivity index (χ0) is 11.5. The molecule has 3 nitrogen and oxygen atoms in total. The lowest BCUT2D eigenvalue weighted by atomic mass is 9.86. The molecule has 1 aliphatic carbocycles. The van der Waals surface area contributed by atoms with Gasteiger partial charge in [0.1, 0.15) is 11.4 Å². The summed E-state index contributed by atoms with van der Waals surface area (Å²) in [5.74, 6) is 0.318. The van der Waals surface area contributed by atoms with Crippen molar-refractivity contribution in [3.05, 3.63) is 0 Å². The lowest BCUT2D eigenvalue weighted by molar-refractivity contribution is -0.156. The first-order chi connectivity index (χ1) is 6.87. The Balaban J connectivity index is 2.34. The summed E-state index contributed by atoms with van der Waals surface area (Å²) in [6, 6.07) is 0. The summed E-state index contributed by atoms with van der Waals surface area (Å²) in [4.78, 5) is 22.7. The number of carbonyl (C=O) groups is 2. The van der Waals surface area contributed by atoms with Crippen LogP contribution in [0.3, 0.4) is 0 Å². The van der Waals surface area contributed by atoms with Gasteiger partial charge in [-0.15, -0.1) is 0 Å². The average Bonchev–Trinajstić information content (AvgIpc) is 1.99. The van der Waals surface area contributed by atoms with Crippen LogP contribution < -0.4 is 0 Å². The van der Waals surface area contributed by atoms with Gasteiger partial charge in [-0.1, -0.05) is 0 Å². The second-order valence-corrected chi connectivity index (χ2v) is 5.29. The van der Waals surface area contributed by atoms with E-state index in [1.54, 1.807) is 0 Å². The van der Waals surface area contributed by atoms with Gasteiger partial charge >= 0.3 is 5.97 Å². The molecule has 0 amide bonds. The van der Waals surface area contributed by atoms with Crippen LogP contribution in [-0.4, -0.2) is 17.4 Å². The number of ketones is 1. The van der Waals surface area contributed by atoms with E-state index in [0.717, 1.165) is 12.8 Å². The molecule has 0 saturated heterocycles. The van der Waals surface area contributed by atoms with E-state index < -0.39 is 5.60 Å². The molecular formula is C12H20O3. The van der Waals surface area contributed by atoms with E-state index in [1.807, 2.05) is 20.8 Å². The molecule has 1 rings (SSSR count). The zero-order valence-corrected chi connectivity index (χ0v) is 9.84. The van der Waals surface area contributed by atoms with Gasteiger partial charge in [-0.05, 0) is 39.5 Å². The Bertz CT molecular complexity index is 250. The minimum atomic E-state index is -0.421. The van der Waals surface area contributed by atoms with Gasteiger partial charge in [0.2, 0.25) is 0 Å². The third-order valence-corrected chi connectivity index (χ3v) is 2.46. The van der Waals surface area contributed by atoms with Crippen LogP contribution in [0.5, 0.6) is 0 Å². The first-order valence-electron chi connectivity index (χ1n) is 5.60. The number of ether oxygens (including phenoxy) is 1. The van der Waals surface area contributed by atoms with Crippen LogP contribution in [0.15, 0.2) is 0 Å². The third-order valence-electron chi connectivity index (χ3n) is 2.46. The molecule has 1 atom stereocenters. The van der Waals surface area contributed by atoms with Crippen molar-refractivity contribution >= 4 is 11.8 Å². The predicted molar refractivity (Wildman–Crippen MR) is 57.4 cm³/mol. The molecular weight excluding hydrogens is 192 g/mol. The maximum Gasteiger partial charge on any atom is 0.306 e. The fourth-order valence-corrected chi connectivity index (χ4v) is 1.91. The van der Waals surface area contributed by atoms with Crippen molar-refractivity contribution in [2.45, 2.75) is 58.5 Å². The molecule has 0 aromatic rings. The van der Waals surface area contributed by atoms with Crippen LogP contribution in [-0.2, 0) is 14.3 Å². The largest absolute Gasteiger partial charge is 0.460 e. The summed E-state index contributed by atoms with van der Waals surface area (Å²) in [5.41, 5.74) is -0.421. The molecule has 1 fully saturated rings. The highest BCUT2D eigenvalue weighted by atomic mass is 16.6. The van der Waals surface area contributed by atoms with Gasteiger partial charge in [-0.25, -0.2) is 0 Å². The molecule has 0 aromatic carbocycles. The molecule has 0 heterocycles. The normalized spacial score (nSPS) is 22.6. The lowest BCUT2D eigenvalue weighted by Gasteiger charge is -2.23. The maximum atomic E-state index is 11.5. The minimum Gasteiger partial charge on any atom is -0.460 e. The van der Waals surface area contributed by atoms with Gasteiger partial charge in [-0.3, -0.25) is 9.59 Å². The van der Waals surface area contributed by atoms with Gasteiger partial charge < -0.3 is 4.74 Å². The summed E-state index contributed by atoms with van der Waals surface area (Å²) in [5, 5.41) is 0. The zero-order valence-electron chi connectivity index (χ0n) is 9.84. The Morgan fingerprint density at radius 1 is 1.47 bits per heavy atom. The molecule has 0 aliphatic heterocycles. The van der Waals surface area contributed by atoms with Gasteiger partial charge in [0.05, 0.1) is 0 Å². The molecule has 1 aliphatic rings. The predicted octanol–water partition coefficient (Wildman–Crippen LogP) is 2.48. The molecule has 3 heteroatoms. The number of rotatable bonds is 2. The Morgan fingerprint density at radius 2 is 2.13 bits per heavy atom. The van der Waals surface area contributed by atoms with Crippen molar-refractivity contribution in [3.8, 4) is 0 Å². The quantitative estimate of drug-likeness (QED) is 0.660. The summed E-state index contributed by atoms with van der Waals surface area (Å²) < 4.78 is 5.23. The Labute approximate surface area is 91.2 Å². The standard InChI is InChI=1S/C12H20O3/c1-12(2,3)15-11(14)8-9-5-4-6-10(13)7-9/h9H,4-8H2,1-3H3/t9-/m0/s1. The first-order valence-corrected chi connectivity index (χ1v) is 5.60. The molecule has 0 bridgehead atoms. The number of hydrogen-bond acceptors (Lipinski definition) is 3. The van der Waals surface area contributed by atoms with Gasteiger partial charge in [0, 0.05) is 19.3 Å². The monoisotopic (exact) mass is 212 g/mol. The van der Waals surface area contributed by atoms with Crippen molar-refractivity contribution in [3.63, 3.8) is 0 Å². The van der Waals surface area contributed by atoms with Gasteiger partial charge in [0.25, 0.3) is 0 Å². The fraction of sp³-hybridized carbons (Fsp3) is 0.833. The van der Waals surface area contributed by atoms with E-state index in [4.69, 9.17) is 4.74 Å². The lowest BCUT2D eigenvalue weighted by Crippen LogP contribution is -2.26. The Kier molecular flexibility index (Phi) is 3.89. The molecule has 1 saturated carbocycles. The highest BCUT2D eigenvalue weighted by Gasteiger charge is 2.24. The van der Waals surface area contributed by atoms with Crippen molar-refractivity contribution in [1.29, 1.82) is 0 Å². The van der Waals surface area contributed by atoms with Crippen LogP contribution in [0.25, 0.3) is 0 Å². The Morgan fingerprint density at radius 3 is 2.67 bits per heavy atom. The van der Waals surface area contributed by atoms with Crippen LogP contribution >= 0.6 is 0 Å². The van der Waals surface area contributed by atoms with Gasteiger partial charge in [0.15, 0.2) is 0 Å². The number of esters is 1. The second-order valence-electron chi connectivity index (χ2n) is 5.29. The maximum absolute atomic E-state index is 11.5. The second kappa shape index (κ2) is 4.77. The van der Waals surface area contributed by atoms with E-state index >= 15 is 0 Å². The summed E-state index contributed by atoms with van der Waals surface area (Å²) in [7, 11) is 0. The molecule has 0 aromatic heterocycles. The minimum absolute atomic E-state index is 0.179. The van der Waals surface area contributed by atoms with E-state index in [0.29, 0.717) is 19.3 Å². The molecule has 15 heavy (non-hydrogen) atoms. The van der Waals surface area contributed by atoms with Gasteiger partial charge in [-0.2, -0.15) is 0 Å².